The van der Waals surface area contributed by atoms with Crippen LogP contribution in [-0.4, -0.2) is 39.6 Å². The van der Waals surface area contributed by atoms with E-state index < -0.39 is 21.8 Å². The molecule has 0 saturated carbocycles. The Bertz CT molecular complexity index is 926. The van der Waals surface area contributed by atoms with E-state index in [2.05, 4.69) is 4.72 Å². The van der Waals surface area contributed by atoms with Crippen molar-refractivity contribution in [2.75, 3.05) is 24.9 Å². The number of nitrogens with zero attached hydrogens (tertiary/aromatic N) is 1. The standard InChI is InChI=1S/C17H19F3N2O3S2/c1-11-3-6-16(26-11)27(23,24)21-14-5-4-12(17(18,19)20)9-15(14)25-13-7-8-22(2)10-13/h3-6,9,13,21H,7-8,10H2,1-2H3/t13-/m1/s1. The number of likely N-dealkylation sites (N-methyl/N-ethyl adjacent to an activating group) is 1. The number of halogens is 3. The Morgan fingerprint density at radius 2 is 2.00 bits per heavy atom. The molecule has 148 valence electrons. The van der Waals surface area contributed by atoms with E-state index in [9.17, 15) is 21.6 Å². The minimum Gasteiger partial charge on any atom is -0.487 e. The number of aryl methyl sites for hydroxylation is 1. The Morgan fingerprint density at radius 3 is 2.56 bits per heavy atom. The summed E-state index contributed by atoms with van der Waals surface area (Å²) in [6, 6.07) is 5.90. The van der Waals surface area contributed by atoms with Crippen LogP contribution in [0.25, 0.3) is 0 Å². The third-order valence-electron chi connectivity index (χ3n) is 4.18. The number of ether oxygens (including phenoxy) is 1. The lowest BCUT2D eigenvalue weighted by molar-refractivity contribution is -0.137. The van der Waals surface area contributed by atoms with Crippen LogP contribution in [0.5, 0.6) is 5.75 Å². The summed E-state index contributed by atoms with van der Waals surface area (Å²) in [6.07, 6.45) is -4.19. The molecule has 0 aliphatic carbocycles. The first-order valence-electron chi connectivity index (χ1n) is 8.20. The zero-order chi connectivity index (χ0) is 19.8. The predicted molar refractivity (Wildman–Crippen MR) is 97.8 cm³/mol. The average Bonchev–Trinajstić information content (AvgIpc) is 3.17. The monoisotopic (exact) mass is 420 g/mol. The van der Waals surface area contributed by atoms with Gasteiger partial charge in [0, 0.05) is 18.0 Å². The van der Waals surface area contributed by atoms with E-state index in [1.807, 2.05) is 11.9 Å². The van der Waals surface area contributed by atoms with E-state index >= 15 is 0 Å². The molecule has 5 nitrogen and oxygen atoms in total. The van der Waals surface area contributed by atoms with E-state index in [-0.39, 0.29) is 21.8 Å². The number of hydrogen-bond acceptors (Lipinski definition) is 5. The lowest BCUT2D eigenvalue weighted by Gasteiger charge is -2.19. The quantitative estimate of drug-likeness (QED) is 0.796. The zero-order valence-electron chi connectivity index (χ0n) is 14.7. The van der Waals surface area contributed by atoms with Crippen molar-refractivity contribution in [1.29, 1.82) is 0 Å². The smallest absolute Gasteiger partial charge is 0.416 e. The number of likely N-dealkylation sites (tertiary alicyclic amines) is 1. The summed E-state index contributed by atoms with van der Waals surface area (Å²) in [5.41, 5.74) is -0.901. The molecule has 0 radical (unpaired) electrons. The minimum atomic E-state index is -4.55. The number of alkyl halides is 3. The summed E-state index contributed by atoms with van der Waals surface area (Å²) in [5, 5.41) is 0. The molecule has 27 heavy (non-hydrogen) atoms. The van der Waals surface area contributed by atoms with Gasteiger partial charge in [-0.1, -0.05) is 0 Å². The van der Waals surface area contributed by atoms with Crippen molar-refractivity contribution >= 4 is 27.0 Å². The highest BCUT2D eigenvalue weighted by molar-refractivity contribution is 7.94. The topological polar surface area (TPSA) is 58.6 Å². The molecule has 1 saturated heterocycles. The Balaban J connectivity index is 1.93. The maximum atomic E-state index is 13.1. The molecular formula is C17H19F3N2O3S2. The summed E-state index contributed by atoms with van der Waals surface area (Å²) >= 11 is 1.08. The Labute approximate surface area is 159 Å². The van der Waals surface area contributed by atoms with Crippen LogP contribution in [0.1, 0.15) is 16.9 Å². The highest BCUT2D eigenvalue weighted by Gasteiger charge is 2.32. The summed E-state index contributed by atoms with van der Waals surface area (Å²) in [5.74, 6) is -0.123. The first kappa shape index (κ1) is 20.0. The summed E-state index contributed by atoms with van der Waals surface area (Å²) in [4.78, 5) is 2.81. The van der Waals surface area contributed by atoms with Crippen molar-refractivity contribution in [3.05, 3.63) is 40.8 Å². The lowest BCUT2D eigenvalue weighted by atomic mass is 10.2. The van der Waals surface area contributed by atoms with Crippen LogP contribution in [0, 0.1) is 6.92 Å². The summed E-state index contributed by atoms with van der Waals surface area (Å²) in [7, 11) is -2.02. The average molecular weight is 420 g/mol. The third-order valence-corrected chi connectivity index (χ3v) is 7.03. The van der Waals surface area contributed by atoms with Crippen molar-refractivity contribution < 1.29 is 26.3 Å². The number of thiophene rings is 1. The second-order valence-corrected chi connectivity index (χ2v) is 9.67. The van der Waals surface area contributed by atoms with Crippen molar-refractivity contribution in [2.24, 2.45) is 0 Å². The molecule has 0 spiro atoms. The van der Waals surface area contributed by atoms with E-state index in [4.69, 9.17) is 4.74 Å². The molecule has 0 amide bonds. The van der Waals surface area contributed by atoms with Gasteiger partial charge in [-0.25, -0.2) is 8.42 Å². The molecule has 1 N–H and O–H groups in total. The van der Waals surface area contributed by atoms with Gasteiger partial charge < -0.3 is 9.64 Å². The van der Waals surface area contributed by atoms with Crippen LogP contribution in [-0.2, 0) is 16.2 Å². The van der Waals surface area contributed by atoms with E-state index in [1.54, 1.807) is 13.0 Å². The highest BCUT2D eigenvalue weighted by Crippen LogP contribution is 2.37. The second-order valence-electron chi connectivity index (χ2n) is 6.47. The van der Waals surface area contributed by atoms with Crippen LogP contribution < -0.4 is 9.46 Å². The molecule has 1 aliphatic heterocycles. The molecule has 1 aromatic heterocycles. The van der Waals surface area contributed by atoms with E-state index in [0.717, 1.165) is 41.0 Å². The van der Waals surface area contributed by atoms with Crippen LogP contribution in [0.15, 0.2) is 34.5 Å². The molecule has 0 unspecified atom stereocenters. The van der Waals surface area contributed by atoms with Gasteiger partial charge >= 0.3 is 6.18 Å². The molecular weight excluding hydrogens is 401 g/mol. The van der Waals surface area contributed by atoms with Gasteiger partial charge in [0.05, 0.1) is 11.3 Å². The Morgan fingerprint density at radius 1 is 1.26 bits per heavy atom. The largest absolute Gasteiger partial charge is 0.487 e. The highest BCUT2D eigenvalue weighted by atomic mass is 32.2. The van der Waals surface area contributed by atoms with Crippen molar-refractivity contribution in [2.45, 2.75) is 29.8 Å². The number of benzene rings is 1. The number of anilines is 1. The van der Waals surface area contributed by atoms with Gasteiger partial charge in [-0.15, -0.1) is 11.3 Å². The fourth-order valence-electron chi connectivity index (χ4n) is 2.80. The molecule has 3 rings (SSSR count). The Kier molecular flexibility index (Phi) is 5.42. The molecule has 2 aromatic rings. The van der Waals surface area contributed by atoms with E-state index in [0.29, 0.717) is 13.0 Å². The summed E-state index contributed by atoms with van der Waals surface area (Å²) in [6.45, 7) is 3.10. The number of sulfonamides is 1. The number of rotatable bonds is 5. The van der Waals surface area contributed by atoms with Crippen LogP contribution in [0.2, 0.25) is 0 Å². The fourth-order valence-corrected chi connectivity index (χ4v) is 5.16. The molecule has 10 heteroatoms. The van der Waals surface area contributed by atoms with Gasteiger partial charge in [0.25, 0.3) is 10.0 Å². The van der Waals surface area contributed by atoms with Gasteiger partial charge in [-0.2, -0.15) is 13.2 Å². The van der Waals surface area contributed by atoms with Gasteiger partial charge in [0.2, 0.25) is 0 Å². The molecule has 2 heterocycles. The third kappa shape index (κ3) is 4.74. The van der Waals surface area contributed by atoms with Crippen molar-refractivity contribution in [1.82, 2.24) is 4.90 Å². The predicted octanol–water partition coefficient (Wildman–Crippen LogP) is 3.96. The lowest BCUT2D eigenvalue weighted by Crippen LogP contribution is -2.22. The SMILES string of the molecule is Cc1ccc(S(=O)(=O)Nc2ccc(C(F)(F)F)cc2O[C@@H]2CCN(C)C2)s1. The molecule has 0 bridgehead atoms. The molecule has 1 aliphatic rings. The zero-order valence-corrected chi connectivity index (χ0v) is 16.3. The van der Waals surface area contributed by atoms with Gasteiger partial charge in [0.1, 0.15) is 16.1 Å². The van der Waals surface area contributed by atoms with Gasteiger partial charge in [-0.05, 0) is 50.7 Å². The number of nitrogens with one attached hydrogen (secondary N) is 1. The van der Waals surface area contributed by atoms with Crippen LogP contribution >= 0.6 is 11.3 Å². The van der Waals surface area contributed by atoms with Gasteiger partial charge in [0.15, 0.2) is 0 Å². The molecule has 1 atom stereocenters. The van der Waals surface area contributed by atoms with Crippen molar-refractivity contribution in [3.63, 3.8) is 0 Å². The normalized spacial score (nSPS) is 18.6. The minimum absolute atomic E-state index is 0.0105. The maximum Gasteiger partial charge on any atom is 0.416 e. The maximum absolute atomic E-state index is 13.1. The number of hydrogen-bond donors (Lipinski definition) is 1. The first-order chi connectivity index (χ1) is 12.5. The van der Waals surface area contributed by atoms with Gasteiger partial charge in [-0.3, -0.25) is 4.72 Å². The second kappa shape index (κ2) is 7.33. The Hall–Kier alpha value is -1.78. The summed E-state index contributed by atoms with van der Waals surface area (Å²) < 4.78 is 72.5. The van der Waals surface area contributed by atoms with Crippen molar-refractivity contribution in [3.8, 4) is 5.75 Å². The molecule has 1 aromatic carbocycles. The van der Waals surface area contributed by atoms with Crippen LogP contribution in [0.4, 0.5) is 18.9 Å². The molecule has 1 fully saturated rings. The van der Waals surface area contributed by atoms with E-state index in [1.165, 1.54) is 6.07 Å². The fraction of sp³-hybridized carbons (Fsp3) is 0.412. The first-order valence-corrected chi connectivity index (χ1v) is 10.5. The van der Waals surface area contributed by atoms with Crippen LogP contribution in [0.3, 0.4) is 0 Å².